The lowest BCUT2D eigenvalue weighted by atomic mass is 9.98. The Labute approximate surface area is 209 Å². The number of para-hydroxylation sites is 1. The molecule has 0 saturated heterocycles. The summed E-state index contributed by atoms with van der Waals surface area (Å²) in [5.41, 5.74) is 3.97. The van der Waals surface area contributed by atoms with Crippen LogP contribution < -0.4 is 5.32 Å². The summed E-state index contributed by atoms with van der Waals surface area (Å²) in [6.45, 7) is 8.94. The van der Waals surface area contributed by atoms with Crippen LogP contribution >= 0.6 is 11.3 Å². The summed E-state index contributed by atoms with van der Waals surface area (Å²) < 4.78 is 2.94. The number of hydrogen-bond donors (Lipinski definition) is 3. The number of nitrogens with one attached hydrogen (secondary N) is 1. The van der Waals surface area contributed by atoms with Gasteiger partial charge in [0.2, 0.25) is 5.82 Å². The molecule has 4 atom stereocenters. The maximum Gasteiger partial charge on any atom is 0.434 e. The van der Waals surface area contributed by atoms with E-state index in [0.717, 1.165) is 39.3 Å². The van der Waals surface area contributed by atoms with Gasteiger partial charge in [-0.05, 0) is 48.7 Å². The first-order chi connectivity index (χ1) is 16.9. The van der Waals surface area contributed by atoms with Gasteiger partial charge in [-0.25, -0.2) is 9.56 Å². The molecule has 1 saturated carbocycles. The second kappa shape index (κ2) is 9.97. The van der Waals surface area contributed by atoms with Gasteiger partial charge in [0.1, 0.15) is 16.3 Å². The molecule has 8 heteroatoms. The van der Waals surface area contributed by atoms with Crippen LogP contribution in [0.15, 0.2) is 48.1 Å². The molecule has 2 aliphatic carbocycles. The summed E-state index contributed by atoms with van der Waals surface area (Å²) in [6, 6.07) is 7.85. The number of hydrogen-bond acceptors (Lipinski definition) is 7. The van der Waals surface area contributed by atoms with E-state index in [0.29, 0.717) is 24.7 Å². The van der Waals surface area contributed by atoms with Gasteiger partial charge in [-0.15, -0.1) is 11.3 Å². The van der Waals surface area contributed by atoms with Crippen molar-refractivity contribution in [2.24, 2.45) is 11.8 Å². The number of aryl methyl sites for hydroxylation is 1. The number of rotatable bonds is 8. The molecular formula is C27H32N5O2S+. The molecule has 0 spiro atoms. The Bertz CT molecular complexity index is 1280. The van der Waals surface area contributed by atoms with E-state index in [-0.39, 0.29) is 24.5 Å². The molecular weight excluding hydrogens is 458 g/mol. The first-order valence-electron chi connectivity index (χ1n) is 12.2. The van der Waals surface area contributed by atoms with Crippen molar-refractivity contribution in [2.75, 3.05) is 18.5 Å². The minimum atomic E-state index is -0.577. The maximum absolute atomic E-state index is 10.9. The van der Waals surface area contributed by atoms with Crippen molar-refractivity contribution >= 4 is 40.0 Å². The summed E-state index contributed by atoms with van der Waals surface area (Å²) in [7, 11) is 0. The van der Waals surface area contributed by atoms with Crippen LogP contribution in [0.2, 0.25) is 0 Å². The highest BCUT2D eigenvalue weighted by Gasteiger charge is 2.40. The molecule has 2 aliphatic rings. The Hall–Kier alpha value is -2.94. The average Bonchev–Trinajstić information content (AvgIpc) is 3.58. The molecule has 1 fully saturated rings. The SMILES string of the molecule is C=[N+](CCC1=CC=CC1)c1nc(C)c(-c2nc3ccccc3s2)c(NC2CC(CO)C(C)C2O)n1. The second-order valence-electron chi connectivity index (χ2n) is 9.57. The fourth-order valence-electron chi connectivity index (χ4n) is 4.98. The zero-order valence-corrected chi connectivity index (χ0v) is 21.0. The molecule has 0 radical (unpaired) electrons. The summed E-state index contributed by atoms with van der Waals surface area (Å²) in [4.78, 5) is 14.6. The molecule has 7 nitrogen and oxygen atoms in total. The lowest BCUT2D eigenvalue weighted by Crippen LogP contribution is -2.32. The van der Waals surface area contributed by atoms with Crippen LogP contribution in [0, 0.1) is 18.8 Å². The van der Waals surface area contributed by atoms with Gasteiger partial charge in [-0.1, -0.05) is 47.8 Å². The molecule has 1 aromatic carbocycles. The number of aliphatic hydroxyl groups is 2. The van der Waals surface area contributed by atoms with Gasteiger partial charge in [0.25, 0.3) is 0 Å². The molecule has 182 valence electrons. The van der Waals surface area contributed by atoms with Crippen LogP contribution in [0.4, 0.5) is 11.8 Å². The number of anilines is 1. The maximum atomic E-state index is 10.9. The lowest BCUT2D eigenvalue weighted by Gasteiger charge is -2.19. The molecule has 0 bridgehead atoms. The predicted molar refractivity (Wildman–Crippen MR) is 142 cm³/mol. The Morgan fingerprint density at radius 2 is 2.06 bits per heavy atom. The van der Waals surface area contributed by atoms with Gasteiger partial charge in [0.15, 0.2) is 0 Å². The Balaban J connectivity index is 1.50. The normalized spacial score (nSPS) is 23.7. The zero-order valence-electron chi connectivity index (χ0n) is 20.2. The lowest BCUT2D eigenvalue weighted by molar-refractivity contribution is -0.438. The van der Waals surface area contributed by atoms with Crippen LogP contribution in [-0.4, -0.2) is 61.8 Å². The van der Waals surface area contributed by atoms with Crippen molar-refractivity contribution in [1.29, 1.82) is 0 Å². The highest BCUT2D eigenvalue weighted by Crippen LogP contribution is 2.39. The summed E-state index contributed by atoms with van der Waals surface area (Å²) >= 11 is 1.61. The monoisotopic (exact) mass is 490 g/mol. The van der Waals surface area contributed by atoms with E-state index in [2.05, 4.69) is 36.3 Å². The van der Waals surface area contributed by atoms with E-state index in [1.807, 2.05) is 36.6 Å². The third-order valence-corrected chi connectivity index (χ3v) is 8.28. The number of allylic oxidation sites excluding steroid dienone is 3. The van der Waals surface area contributed by atoms with Gasteiger partial charge in [0, 0.05) is 19.7 Å². The van der Waals surface area contributed by atoms with Crippen molar-refractivity contribution in [3.05, 3.63) is 53.8 Å². The highest BCUT2D eigenvalue weighted by molar-refractivity contribution is 7.21. The topological polar surface area (TPSA) is 94.2 Å². The molecule has 2 heterocycles. The van der Waals surface area contributed by atoms with Crippen LogP contribution in [0.1, 0.15) is 31.9 Å². The Kier molecular flexibility index (Phi) is 6.77. The fourth-order valence-corrected chi connectivity index (χ4v) is 6.04. The number of fused-ring (bicyclic) bond motifs is 1. The largest absolute Gasteiger partial charge is 0.434 e. The Morgan fingerprint density at radius 1 is 1.23 bits per heavy atom. The average molecular weight is 491 g/mol. The summed E-state index contributed by atoms with van der Waals surface area (Å²) in [5, 5.41) is 25.0. The van der Waals surface area contributed by atoms with Crippen molar-refractivity contribution in [2.45, 2.75) is 45.3 Å². The standard InChI is InChI=1S/C27H32N5O2S/c1-16-19(15-33)14-21(24(16)34)29-25-23(26-30-20-10-6-7-11-22(20)35-26)17(2)28-27(31-25)32(3)13-12-18-8-4-5-9-18/h4-8,10-11,16,19,21,24,33-34H,3,9,12-15H2,1-2H3,(H,28,29,31)/q+1. The van der Waals surface area contributed by atoms with Gasteiger partial charge in [-0.2, -0.15) is 0 Å². The molecule has 4 unspecified atom stereocenters. The van der Waals surface area contributed by atoms with E-state index in [1.165, 1.54) is 5.57 Å². The molecule has 3 N–H and O–H groups in total. The number of benzene rings is 1. The molecule has 0 aliphatic heterocycles. The van der Waals surface area contributed by atoms with Crippen molar-refractivity contribution < 1.29 is 14.8 Å². The molecule has 5 rings (SSSR count). The van der Waals surface area contributed by atoms with Crippen LogP contribution in [0.25, 0.3) is 20.8 Å². The van der Waals surface area contributed by atoms with Crippen LogP contribution in [-0.2, 0) is 0 Å². The molecule has 0 amide bonds. The van der Waals surface area contributed by atoms with Crippen molar-refractivity contribution in [3.8, 4) is 10.6 Å². The van der Waals surface area contributed by atoms with Crippen molar-refractivity contribution in [3.63, 3.8) is 0 Å². The molecule has 2 aromatic heterocycles. The summed E-state index contributed by atoms with van der Waals surface area (Å²) in [6.07, 6.45) is 8.39. The minimum Gasteiger partial charge on any atom is -0.396 e. The van der Waals surface area contributed by atoms with Gasteiger partial charge < -0.3 is 15.5 Å². The first-order valence-corrected chi connectivity index (χ1v) is 13.0. The predicted octanol–water partition coefficient (Wildman–Crippen LogP) is 4.47. The number of thiazole rings is 1. The van der Waals surface area contributed by atoms with E-state index >= 15 is 0 Å². The van der Waals surface area contributed by atoms with Gasteiger partial charge in [-0.3, -0.25) is 0 Å². The van der Waals surface area contributed by atoms with E-state index in [1.54, 1.807) is 11.3 Å². The van der Waals surface area contributed by atoms with Gasteiger partial charge in [0.05, 0.1) is 28.9 Å². The quantitative estimate of drug-likeness (QED) is 0.319. The third-order valence-electron chi connectivity index (χ3n) is 7.23. The summed E-state index contributed by atoms with van der Waals surface area (Å²) in [5.74, 6) is 1.24. The van der Waals surface area contributed by atoms with Crippen LogP contribution in [0.3, 0.4) is 0 Å². The van der Waals surface area contributed by atoms with Crippen molar-refractivity contribution in [1.82, 2.24) is 15.0 Å². The zero-order chi connectivity index (χ0) is 24.5. The first kappa shape index (κ1) is 23.8. The smallest absolute Gasteiger partial charge is 0.396 e. The third kappa shape index (κ3) is 4.78. The number of aromatic nitrogens is 3. The number of nitrogens with zero attached hydrogens (tertiary/aromatic N) is 4. The van der Waals surface area contributed by atoms with E-state index in [9.17, 15) is 10.2 Å². The molecule has 3 aromatic rings. The van der Waals surface area contributed by atoms with E-state index in [4.69, 9.17) is 15.0 Å². The molecule has 35 heavy (non-hydrogen) atoms. The highest BCUT2D eigenvalue weighted by atomic mass is 32.1. The van der Waals surface area contributed by atoms with Gasteiger partial charge >= 0.3 is 5.95 Å². The van der Waals surface area contributed by atoms with Crippen LogP contribution in [0.5, 0.6) is 0 Å². The van der Waals surface area contributed by atoms with E-state index < -0.39 is 6.10 Å². The Morgan fingerprint density at radius 3 is 2.77 bits per heavy atom. The second-order valence-corrected chi connectivity index (χ2v) is 10.6. The minimum absolute atomic E-state index is 0.00319. The number of aliphatic hydroxyl groups excluding tert-OH is 2. The fraction of sp³-hybridized carbons (Fsp3) is 0.407.